The van der Waals surface area contributed by atoms with Crippen LogP contribution in [0.25, 0.3) is 16.9 Å². The molecule has 5 rings (SSSR count). The van der Waals surface area contributed by atoms with Gasteiger partial charge < -0.3 is 14.4 Å². The van der Waals surface area contributed by atoms with Crippen LogP contribution in [-0.2, 0) is 4.79 Å². The number of hydrogen-bond acceptors (Lipinski definition) is 2. The lowest BCUT2D eigenvalue weighted by Gasteiger charge is -2.35. The second kappa shape index (κ2) is 8.71. The Bertz CT molecular complexity index is 1200. The van der Waals surface area contributed by atoms with E-state index < -0.39 is 0 Å². The summed E-state index contributed by atoms with van der Waals surface area (Å²) in [5, 5.41) is 0.680. The normalized spacial score (nSPS) is 16.2. The van der Waals surface area contributed by atoms with Crippen molar-refractivity contribution in [2.75, 3.05) is 26.2 Å². The van der Waals surface area contributed by atoms with Crippen molar-refractivity contribution in [3.8, 4) is 16.9 Å². The third kappa shape index (κ3) is 4.30. The van der Waals surface area contributed by atoms with Gasteiger partial charge in [-0.1, -0.05) is 35.9 Å². The van der Waals surface area contributed by atoms with Gasteiger partial charge in [0.05, 0.1) is 11.3 Å². The number of piperazine rings is 1. The van der Waals surface area contributed by atoms with Crippen LogP contribution in [0.3, 0.4) is 0 Å². The van der Waals surface area contributed by atoms with Gasteiger partial charge in [-0.2, -0.15) is 0 Å². The standard InChI is InChI=1S/C27H28ClN3O2/c1-18-4-3-5-23(16-18)31-19(2)24(17-25(31)20-8-10-22(28)11-9-20)27(33)30-14-12-29(13-15-30)26(32)21-6-7-21/h3-5,8-11,16-17,21H,6-7,12-15H2,1-2H3. The molecule has 0 atom stereocenters. The van der Waals surface area contributed by atoms with E-state index in [4.69, 9.17) is 11.6 Å². The SMILES string of the molecule is Cc1cccc(-n2c(-c3ccc(Cl)cc3)cc(C(=O)N3CCN(C(=O)C4CC4)CC3)c2C)c1. The molecule has 2 fully saturated rings. The van der Waals surface area contributed by atoms with Crippen molar-refractivity contribution in [2.45, 2.75) is 26.7 Å². The molecule has 0 N–H and O–H groups in total. The zero-order chi connectivity index (χ0) is 23.1. The first kappa shape index (κ1) is 21.8. The zero-order valence-corrected chi connectivity index (χ0v) is 19.8. The summed E-state index contributed by atoms with van der Waals surface area (Å²) >= 11 is 6.13. The van der Waals surface area contributed by atoms with Crippen molar-refractivity contribution in [1.82, 2.24) is 14.4 Å². The Kier molecular flexibility index (Phi) is 5.75. The Labute approximate surface area is 199 Å². The van der Waals surface area contributed by atoms with E-state index in [0.717, 1.165) is 41.0 Å². The number of aromatic nitrogens is 1. The van der Waals surface area contributed by atoms with Crippen molar-refractivity contribution in [1.29, 1.82) is 0 Å². The van der Waals surface area contributed by atoms with Gasteiger partial charge in [0.25, 0.3) is 5.91 Å². The quantitative estimate of drug-likeness (QED) is 0.542. The molecule has 0 radical (unpaired) electrons. The molecule has 3 aromatic rings. The molecule has 2 heterocycles. The molecule has 5 nitrogen and oxygen atoms in total. The van der Waals surface area contributed by atoms with Crippen LogP contribution < -0.4 is 0 Å². The predicted octanol–water partition coefficient (Wildman–Crippen LogP) is 5.11. The highest BCUT2D eigenvalue weighted by molar-refractivity contribution is 6.30. The van der Waals surface area contributed by atoms with Crippen LogP contribution >= 0.6 is 11.6 Å². The summed E-state index contributed by atoms with van der Waals surface area (Å²) in [6.45, 7) is 6.44. The third-order valence-corrected chi connectivity index (χ3v) is 6.93. The number of rotatable bonds is 4. The van der Waals surface area contributed by atoms with E-state index in [9.17, 15) is 9.59 Å². The maximum Gasteiger partial charge on any atom is 0.255 e. The largest absolute Gasteiger partial charge is 0.339 e. The summed E-state index contributed by atoms with van der Waals surface area (Å²) in [5.41, 5.74) is 5.75. The fourth-order valence-corrected chi connectivity index (χ4v) is 4.77. The summed E-state index contributed by atoms with van der Waals surface area (Å²) in [5.74, 6) is 0.501. The van der Waals surface area contributed by atoms with Gasteiger partial charge in [-0.3, -0.25) is 9.59 Å². The minimum Gasteiger partial charge on any atom is -0.339 e. The number of aryl methyl sites for hydroxylation is 1. The molecule has 6 heteroatoms. The Morgan fingerprint density at radius 3 is 2.18 bits per heavy atom. The van der Waals surface area contributed by atoms with Crippen LogP contribution in [0.15, 0.2) is 54.6 Å². The highest BCUT2D eigenvalue weighted by Gasteiger charge is 2.35. The lowest BCUT2D eigenvalue weighted by atomic mass is 10.1. The van der Waals surface area contributed by atoms with E-state index in [1.54, 1.807) is 0 Å². The third-order valence-electron chi connectivity index (χ3n) is 6.68. The van der Waals surface area contributed by atoms with Gasteiger partial charge in [0.1, 0.15) is 0 Å². The number of carbonyl (C=O) groups is 2. The number of amides is 2. The molecule has 1 aliphatic carbocycles. The number of nitrogens with zero attached hydrogens (tertiary/aromatic N) is 3. The van der Waals surface area contributed by atoms with Crippen molar-refractivity contribution < 1.29 is 9.59 Å². The summed E-state index contributed by atoms with van der Waals surface area (Å²) in [6, 6.07) is 18.0. The second-order valence-electron chi connectivity index (χ2n) is 9.10. The highest BCUT2D eigenvalue weighted by atomic mass is 35.5. The average Bonchev–Trinajstić information content (AvgIpc) is 3.61. The van der Waals surface area contributed by atoms with E-state index in [1.807, 2.05) is 53.1 Å². The first-order chi connectivity index (χ1) is 15.9. The van der Waals surface area contributed by atoms with Crippen LogP contribution in [0.1, 0.15) is 34.5 Å². The Morgan fingerprint density at radius 1 is 0.879 bits per heavy atom. The highest BCUT2D eigenvalue weighted by Crippen LogP contribution is 2.33. The molecule has 1 saturated carbocycles. The van der Waals surface area contributed by atoms with Gasteiger partial charge in [0, 0.05) is 48.5 Å². The predicted molar refractivity (Wildman–Crippen MR) is 131 cm³/mol. The summed E-state index contributed by atoms with van der Waals surface area (Å²) in [7, 11) is 0. The minimum absolute atomic E-state index is 0.0210. The fourth-order valence-electron chi connectivity index (χ4n) is 4.64. The fraction of sp³-hybridized carbons (Fsp3) is 0.333. The van der Waals surface area contributed by atoms with Crippen LogP contribution in [0, 0.1) is 19.8 Å². The first-order valence-electron chi connectivity index (χ1n) is 11.6. The molecule has 2 aromatic carbocycles. The van der Waals surface area contributed by atoms with Crippen LogP contribution in [0.2, 0.25) is 5.02 Å². The van der Waals surface area contributed by atoms with Gasteiger partial charge in [-0.05, 0) is 68.1 Å². The molecule has 2 amide bonds. The van der Waals surface area contributed by atoms with Crippen molar-refractivity contribution in [3.63, 3.8) is 0 Å². The lowest BCUT2D eigenvalue weighted by Crippen LogP contribution is -2.51. The molecule has 1 aliphatic heterocycles. The number of benzene rings is 2. The van der Waals surface area contributed by atoms with E-state index >= 15 is 0 Å². The van der Waals surface area contributed by atoms with Crippen molar-refractivity contribution >= 4 is 23.4 Å². The van der Waals surface area contributed by atoms with Gasteiger partial charge in [0.2, 0.25) is 5.91 Å². The van der Waals surface area contributed by atoms with Gasteiger partial charge in [0.15, 0.2) is 0 Å². The molecule has 170 valence electrons. The Balaban J connectivity index is 1.47. The summed E-state index contributed by atoms with van der Waals surface area (Å²) in [6.07, 6.45) is 2.02. The van der Waals surface area contributed by atoms with Crippen molar-refractivity contribution in [3.05, 3.63) is 76.4 Å². The van der Waals surface area contributed by atoms with Crippen LogP contribution in [-0.4, -0.2) is 52.4 Å². The lowest BCUT2D eigenvalue weighted by molar-refractivity contribution is -0.134. The molecule has 0 spiro atoms. The van der Waals surface area contributed by atoms with Gasteiger partial charge in [-0.15, -0.1) is 0 Å². The molecule has 2 aliphatic rings. The topological polar surface area (TPSA) is 45.6 Å². The second-order valence-corrected chi connectivity index (χ2v) is 9.54. The van der Waals surface area contributed by atoms with E-state index in [1.165, 1.54) is 0 Å². The molecular formula is C27H28ClN3O2. The smallest absolute Gasteiger partial charge is 0.255 e. The average molecular weight is 462 g/mol. The molecule has 0 unspecified atom stereocenters. The molecule has 1 aromatic heterocycles. The number of halogens is 1. The minimum atomic E-state index is 0.0210. The van der Waals surface area contributed by atoms with E-state index in [0.29, 0.717) is 36.8 Å². The van der Waals surface area contributed by atoms with Crippen LogP contribution in [0.4, 0.5) is 0 Å². The number of carbonyl (C=O) groups excluding carboxylic acids is 2. The first-order valence-corrected chi connectivity index (χ1v) is 11.9. The van der Waals surface area contributed by atoms with Crippen molar-refractivity contribution in [2.24, 2.45) is 5.92 Å². The maximum atomic E-state index is 13.6. The Hall–Kier alpha value is -3.05. The molecule has 1 saturated heterocycles. The van der Waals surface area contributed by atoms with Crippen LogP contribution in [0.5, 0.6) is 0 Å². The molecular weight excluding hydrogens is 434 g/mol. The van der Waals surface area contributed by atoms with E-state index in [-0.39, 0.29) is 17.7 Å². The van der Waals surface area contributed by atoms with Gasteiger partial charge in [-0.25, -0.2) is 0 Å². The van der Waals surface area contributed by atoms with E-state index in [2.05, 4.69) is 29.7 Å². The van der Waals surface area contributed by atoms with Gasteiger partial charge >= 0.3 is 0 Å². The zero-order valence-electron chi connectivity index (χ0n) is 19.1. The molecule has 0 bridgehead atoms. The Morgan fingerprint density at radius 2 is 1.55 bits per heavy atom. The summed E-state index contributed by atoms with van der Waals surface area (Å²) in [4.78, 5) is 29.8. The monoisotopic (exact) mass is 461 g/mol. The maximum absolute atomic E-state index is 13.6. The summed E-state index contributed by atoms with van der Waals surface area (Å²) < 4.78 is 2.15. The number of hydrogen-bond donors (Lipinski definition) is 0. The molecule has 33 heavy (non-hydrogen) atoms.